The van der Waals surface area contributed by atoms with Crippen LogP contribution >= 0.6 is 0 Å². The molecular formula is C12H17N3O3. The fourth-order valence-electron chi connectivity index (χ4n) is 1.97. The molecule has 1 aliphatic rings. The molecule has 18 heavy (non-hydrogen) atoms. The smallest absolute Gasteiger partial charge is 0.245 e. The largest absolute Gasteiger partial charge is 0.364 e. The van der Waals surface area contributed by atoms with Crippen molar-refractivity contribution < 1.29 is 14.1 Å². The first-order valence-corrected chi connectivity index (χ1v) is 6.05. The van der Waals surface area contributed by atoms with Gasteiger partial charge in [-0.2, -0.15) is 0 Å². The number of rotatable bonds is 3. The number of carbonyl (C=O) groups excluding carboxylic acids is 2. The van der Waals surface area contributed by atoms with Gasteiger partial charge in [-0.1, -0.05) is 19.0 Å². The number of nitrogens with one attached hydrogen (secondary N) is 1. The van der Waals surface area contributed by atoms with Crippen LogP contribution in [0.4, 0.5) is 0 Å². The van der Waals surface area contributed by atoms with Crippen LogP contribution in [-0.2, 0) is 16.1 Å². The normalized spacial score (nSPS) is 21.1. The Morgan fingerprint density at radius 3 is 2.94 bits per heavy atom. The molecule has 2 rings (SSSR count). The van der Waals surface area contributed by atoms with Crippen LogP contribution in [0, 0.1) is 5.92 Å². The average molecular weight is 251 g/mol. The Kier molecular flexibility index (Phi) is 3.64. The lowest BCUT2D eigenvalue weighted by molar-refractivity contribution is -0.135. The summed E-state index contributed by atoms with van der Waals surface area (Å²) in [6.45, 7) is 4.64. The van der Waals surface area contributed by atoms with Gasteiger partial charge in [-0.3, -0.25) is 9.59 Å². The Balaban J connectivity index is 2.13. The van der Waals surface area contributed by atoms with Gasteiger partial charge in [0.2, 0.25) is 11.8 Å². The van der Waals surface area contributed by atoms with Crippen LogP contribution in [-0.4, -0.2) is 34.5 Å². The number of hydrogen-bond donors (Lipinski definition) is 1. The molecule has 1 atom stereocenters. The molecule has 1 N–H and O–H groups in total. The average Bonchev–Trinajstić information content (AvgIpc) is 2.78. The molecule has 1 aliphatic heterocycles. The molecule has 0 spiro atoms. The third kappa shape index (κ3) is 2.69. The van der Waals surface area contributed by atoms with E-state index < -0.39 is 6.04 Å². The Bertz CT molecular complexity index is 428. The predicted octanol–water partition coefficient (Wildman–Crippen LogP) is 0.548. The lowest BCUT2D eigenvalue weighted by atomic mass is 10.0. The fraction of sp³-hybridized carbons (Fsp3) is 0.583. The molecule has 1 aromatic rings. The summed E-state index contributed by atoms with van der Waals surface area (Å²) in [5, 5.41) is 6.55. The van der Waals surface area contributed by atoms with E-state index in [0.717, 1.165) is 0 Å². The molecule has 1 unspecified atom stereocenters. The van der Waals surface area contributed by atoms with Crippen LogP contribution < -0.4 is 5.32 Å². The lowest BCUT2D eigenvalue weighted by Gasteiger charge is -2.25. The van der Waals surface area contributed by atoms with Crippen LogP contribution in [0.3, 0.4) is 0 Å². The van der Waals surface area contributed by atoms with E-state index in [4.69, 9.17) is 4.52 Å². The zero-order valence-corrected chi connectivity index (χ0v) is 10.5. The summed E-state index contributed by atoms with van der Waals surface area (Å²) in [7, 11) is 0. The van der Waals surface area contributed by atoms with E-state index in [0.29, 0.717) is 25.2 Å². The summed E-state index contributed by atoms with van der Waals surface area (Å²) in [5.41, 5.74) is 0.695. The predicted molar refractivity (Wildman–Crippen MR) is 63.3 cm³/mol. The maximum Gasteiger partial charge on any atom is 0.245 e. The molecule has 1 aromatic heterocycles. The highest BCUT2D eigenvalue weighted by Crippen LogP contribution is 2.13. The quantitative estimate of drug-likeness (QED) is 0.851. The highest BCUT2D eigenvalue weighted by molar-refractivity contribution is 5.90. The van der Waals surface area contributed by atoms with Crippen LogP contribution in [0.25, 0.3) is 0 Å². The van der Waals surface area contributed by atoms with Crippen molar-refractivity contribution in [3.05, 3.63) is 18.0 Å². The summed E-state index contributed by atoms with van der Waals surface area (Å²) in [5.74, 6) is -0.0667. The molecule has 1 saturated heterocycles. The van der Waals surface area contributed by atoms with E-state index >= 15 is 0 Å². The first-order chi connectivity index (χ1) is 8.58. The Morgan fingerprint density at radius 1 is 1.56 bits per heavy atom. The highest BCUT2D eigenvalue weighted by Gasteiger charge is 2.32. The van der Waals surface area contributed by atoms with Crippen LogP contribution in [0.5, 0.6) is 0 Å². The molecule has 0 radical (unpaired) electrons. The van der Waals surface area contributed by atoms with Crippen LogP contribution in [0.15, 0.2) is 16.9 Å². The van der Waals surface area contributed by atoms with Crippen molar-refractivity contribution in [2.45, 2.75) is 32.9 Å². The molecule has 2 heterocycles. The van der Waals surface area contributed by atoms with Gasteiger partial charge in [0.25, 0.3) is 0 Å². The van der Waals surface area contributed by atoms with Gasteiger partial charge in [-0.25, -0.2) is 0 Å². The second-order valence-electron chi connectivity index (χ2n) is 4.79. The van der Waals surface area contributed by atoms with Gasteiger partial charge >= 0.3 is 0 Å². The summed E-state index contributed by atoms with van der Waals surface area (Å²) in [6, 6.07) is 1.27. The monoisotopic (exact) mass is 251 g/mol. The number of amides is 2. The summed E-state index contributed by atoms with van der Waals surface area (Å²) in [4.78, 5) is 25.5. The minimum atomic E-state index is -0.452. The SMILES string of the molecule is CC(C)C1NC(=O)CCN(Cc2ccon2)C1=O. The maximum atomic E-state index is 12.3. The van der Waals surface area contributed by atoms with Crippen molar-refractivity contribution in [3.63, 3.8) is 0 Å². The molecule has 1 fully saturated rings. The van der Waals surface area contributed by atoms with E-state index in [1.807, 2.05) is 13.8 Å². The van der Waals surface area contributed by atoms with Crippen molar-refractivity contribution in [3.8, 4) is 0 Å². The number of aromatic nitrogens is 1. The number of nitrogens with zero attached hydrogens (tertiary/aromatic N) is 2. The third-order valence-corrected chi connectivity index (χ3v) is 3.01. The molecule has 98 valence electrons. The molecule has 0 bridgehead atoms. The summed E-state index contributed by atoms with van der Waals surface area (Å²) >= 11 is 0. The van der Waals surface area contributed by atoms with Crippen molar-refractivity contribution in [1.82, 2.24) is 15.4 Å². The van der Waals surface area contributed by atoms with Gasteiger partial charge in [0.1, 0.15) is 18.0 Å². The molecule has 0 aliphatic carbocycles. The Hall–Kier alpha value is -1.85. The van der Waals surface area contributed by atoms with Gasteiger partial charge in [0.05, 0.1) is 6.54 Å². The Morgan fingerprint density at radius 2 is 2.33 bits per heavy atom. The molecular weight excluding hydrogens is 234 g/mol. The van der Waals surface area contributed by atoms with Gasteiger partial charge in [-0.15, -0.1) is 0 Å². The molecule has 0 saturated carbocycles. The van der Waals surface area contributed by atoms with E-state index in [-0.39, 0.29) is 17.7 Å². The molecule has 6 nitrogen and oxygen atoms in total. The first kappa shape index (κ1) is 12.6. The zero-order valence-electron chi connectivity index (χ0n) is 10.5. The molecule has 6 heteroatoms. The van der Waals surface area contributed by atoms with Gasteiger partial charge in [0, 0.05) is 19.0 Å². The minimum Gasteiger partial charge on any atom is -0.364 e. The second kappa shape index (κ2) is 5.20. The summed E-state index contributed by atoms with van der Waals surface area (Å²) < 4.78 is 4.75. The van der Waals surface area contributed by atoms with Crippen LogP contribution in [0.1, 0.15) is 26.0 Å². The van der Waals surface area contributed by atoms with E-state index in [9.17, 15) is 9.59 Å². The molecule has 0 aromatic carbocycles. The van der Waals surface area contributed by atoms with Crippen molar-refractivity contribution in [2.75, 3.05) is 6.54 Å². The number of hydrogen-bond acceptors (Lipinski definition) is 4. The van der Waals surface area contributed by atoms with Crippen molar-refractivity contribution in [1.29, 1.82) is 0 Å². The standard InChI is InChI=1S/C12H17N3O3/c1-8(2)11-12(17)15(5-3-10(16)13-11)7-9-4-6-18-14-9/h4,6,8,11H,3,5,7H2,1-2H3,(H,13,16). The van der Waals surface area contributed by atoms with Crippen LogP contribution in [0.2, 0.25) is 0 Å². The first-order valence-electron chi connectivity index (χ1n) is 6.05. The fourth-order valence-corrected chi connectivity index (χ4v) is 1.97. The van der Waals surface area contributed by atoms with E-state index in [1.165, 1.54) is 6.26 Å². The zero-order chi connectivity index (χ0) is 13.1. The molecule has 2 amide bonds. The Labute approximate surface area is 105 Å². The van der Waals surface area contributed by atoms with Gasteiger partial charge in [-0.05, 0) is 5.92 Å². The van der Waals surface area contributed by atoms with E-state index in [1.54, 1.807) is 11.0 Å². The number of carbonyl (C=O) groups is 2. The maximum absolute atomic E-state index is 12.3. The highest BCUT2D eigenvalue weighted by atomic mass is 16.5. The topological polar surface area (TPSA) is 75.4 Å². The van der Waals surface area contributed by atoms with Crippen molar-refractivity contribution >= 4 is 11.8 Å². The van der Waals surface area contributed by atoms with Gasteiger partial charge in [0.15, 0.2) is 0 Å². The minimum absolute atomic E-state index is 0.0566. The third-order valence-electron chi connectivity index (χ3n) is 3.01. The second-order valence-corrected chi connectivity index (χ2v) is 4.79. The lowest BCUT2D eigenvalue weighted by Crippen LogP contribution is -2.47. The van der Waals surface area contributed by atoms with Gasteiger partial charge < -0.3 is 14.7 Å². The van der Waals surface area contributed by atoms with Crippen molar-refractivity contribution in [2.24, 2.45) is 5.92 Å². The summed E-state index contributed by atoms with van der Waals surface area (Å²) in [6.07, 6.45) is 1.80. The van der Waals surface area contributed by atoms with E-state index in [2.05, 4.69) is 10.5 Å².